The van der Waals surface area contributed by atoms with Crippen molar-refractivity contribution in [1.82, 2.24) is 0 Å². The predicted molar refractivity (Wildman–Crippen MR) is 80.6 cm³/mol. The molecule has 0 saturated carbocycles. The average molecular weight is 266 g/mol. The number of aliphatic hydroxyl groups excluding tert-OH is 1. The molecule has 2 heteroatoms. The third-order valence-corrected chi connectivity index (χ3v) is 3.14. The molecule has 2 nitrogen and oxygen atoms in total. The average Bonchev–Trinajstić information content (AvgIpc) is 2.49. The van der Waals surface area contributed by atoms with Crippen LogP contribution in [0.25, 0.3) is 0 Å². The van der Waals surface area contributed by atoms with Gasteiger partial charge in [-0.2, -0.15) is 0 Å². The molecule has 2 aromatic rings. The first-order valence-electron chi connectivity index (χ1n) is 6.57. The molecule has 0 radical (unpaired) electrons. The van der Waals surface area contributed by atoms with E-state index in [1.54, 1.807) is 7.11 Å². The van der Waals surface area contributed by atoms with Gasteiger partial charge in [0.1, 0.15) is 5.75 Å². The summed E-state index contributed by atoms with van der Waals surface area (Å²) in [6.07, 6.45) is -0.114. The Balaban J connectivity index is 2.05. The minimum absolute atomic E-state index is 0.426. The molecule has 2 aromatic carbocycles. The van der Waals surface area contributed by atoms with Crippen LogP contribution >= 0.6 is 0 Å². The quantitative estimate of drug-likeness (QED) is 0.862. The first-order chi connectivity index (χ1) is 9.70. The molecule has 20 heavy (non-hydrogen) atoms. The summed E-state index contributed by atoms with van der Waals surface area (Å²) < 4.78 is 5.16. The van der Waals surface area contributed by atoms with Gasteiger partial charge in [-0.3, -0.25) is 0 Å². The molecular weight excluding hydrogens is 248 g/mol. The van der Waals surface area contributed by atoms with Crippen LogP contribution in [0.5, 0.6) is 5.75 Å². The molecule has 2 rings (SSSR count). The molecule has 0 heterocycles. The van der Waals surface area contributed by atoms with Crippen LogP contribution in [-0.4, -0.2) is 12.2 Å². The number of hydrogen-bond acceptors (Lipinski definition) is 2. The number of benzene rings is 2. The Kier molecular flexibility index (Phi) is 4.81. The molecule has 0 bridgehead atoms. The fraction of sp³-hybridized carbons (Fsp3) is 0.222. The summed E-state index contributed by atoms with van der Waals surface area (Å²) in [7, 11) is 1.65. The monoisotopic (exact) mass is 266 g/mol. The van der Waals surface area contributed by atoms with Gasteiger partial charge in [0.15, 0.2) is 0 Å². The highest BCUT2D eigenvalue weighted by atomic mass is 16.5. The molecule has 1 atom stereocenters. The Hall–Kier alpha value is -2.24. The van der Waals surface area contributed by atoms with Crippen LogP contribution in [0.3, 0.4) is 0 Å². The van der Waals surface area contributed by atoms with Crippen LogP contribution in [0.2, 0.25) is 0 Å². The SMILES string of the molecule is COc1ccc(C#CC[C@@H](O)c2ccccc2)c(C)c1. The lowest BCUT2D eigenvalue weighted by molar-refractivity contribution is 0.184. The minimum Gasteiger partial charge on any atom is -0.497 e. The third-order valence-electron chi connectivity index (χ3n) is 3.14. The van der Waals surface area contributed by atoms with Crippen LogP contribution in [0.1, 0.15) is 29.2 Å². The van der Waals surface area contributed by atoms with Crippen molar-refractivity contribution in [3.8, 4) is 17.6 Å². The first kappa shape index (κ1) is 14.2. The van der Waals surface area contributed by atoms with Gasteiger partial charge in [0.25, 0.3) is 0 Å². The van der Waals surface area contributed by atoms with Crippen LogP contribution in [0, 0.1) is 18.8 Å². The van der Waals surface area contributed by atoms with Gasteiger partial charge in [-0.1, -0.05) is 42.2 Å². The zero-order valence-corrected chi connectivity index (χ0v) is 11.8. The molecule has 0 aliphatic heterocycles. The zero-order chi connectivity index (χ0) is 14.4. The second kappa shape index (κ2) is 6.79. The number of rotatable bonds is 3. The van der Waals surface area contributed by atoms with E-state index in [-0.39, 0.29) is 0 Å². The maximum Gasteiger partial charge on any atom is 0.119 e. The highest BCUT2D eigenvalue weighted by Gasteiger charge is 2.04. The Labute approximate surface area is 120 Å². The fourth-order valence-electron chi connectivity index (χ4n) is 1.94. The lowest BCUT2D eigenvalue weighted by Gasteiger charge is -2.06. The van der Waals surface area contributed by atoms with Crippen LogP contribution < -0.4 is 4.74 Å². The van der Waals surface area contributed by atoms with E-state index in [2.05, 4.69) is 11.8 Å². The number of ether oxygens (including phenoxy) is 1. The maximum atomic E-state index is 10.0. The standard InChI is InChI=1S/C18H18O2/c1-14-13-17(20-2)12-11-15(14)9-6-10-18(19)16-7-4-3-5-8-16/h3-5,7-8,11-13,18-19H,10H2,1-2H3/t18-/m1/s1. The zero-order valence-electron chi connectivity index (χ0n) is 11.8. The molecule has 0 fully saturated rings. The first-order valence-corrected chi connectivity index (χ1v) is 6.57. The summed E-state index contributed by atoms with van der Waals surface area (Å²) in [5.74, 6) is 6.97. The number of hydrogen-bond donors (Lipinski definition) is 1. The molecular formula is C18H18O2. The molecule has 0 amide bonds. The summed E-state index contributed by atoms with van der Waals surface area (Å²) in [6.45, 7) is 2.00. The largest absolute Gasteiger partial charge is 0.497 e. The van der Waals surface area contributed by atoms with E-state index < -0.39 is 6.10 Å². The summed E-state index contributed by atoms with van der Waals surface area (Å²) >= 11 is 0. The highest BCUT2D eigenvalue weighted by Crippen LogP contribution is 2.17. The number of methoxy groups -OCH3 is 1. The number of aliphatic hydroxyl groups is 1. The van der Waals surface area contributed by atoms with Crippen molar-refractivity contribution in [3.63, 3.8) is 0 Å². The van der Waals surface area contributed by atoms with E-state index in [1.807, 2.05) is 55.5 Å². The molecule has 0 spiro atoms. The van der Waals surface area contributed by atoms with E-state index >= 15 is 0 Å². The van der Waals surface area contributed by atoms with Crippen molar-refractivity contribution >= 4 is 0 Å². The lowest BCUT2D eigenvalue weighted by Crippen LogP contribution is -1.95. The Bertz CT molecular complexity index is 621. The van der Waals surface area contributed by atoms with Gasteiger partial charge >= 0.3 is 0 Å². The van der Waals surface area contributed by atoms with Crippen LogP contribution in [0.15, 0.2) is 48.5 Å². The van der Waals surface area contributed by atoms with Gasteiger partial charge in [-0.05, 0) is 36.2 Å². The van der Waals surface area contributed by atoms with Crippen molar-refractivity contribution in [2.45, 2.75) is 19.4 Å². The topological polar surface area (TPSA) is 29.5 Å². The Morgan fingerprint density at radius 1 is 1.15 bits per heavy atom. The van der Waals surface area contributed by atoms with Gasteiger partial charge in [0.05, 0.1) is 13.2 Å². The predicted octanol–water partition coefficient (Wildman–Crippen LogP) is 3.48. The molecule has 0 aliphatic carbocycles. The van der Waals surface area contributed by atoms with Gasteiger partial charge in [-0.25, -0.2) is 0 Å². The Morgan fingerprint density at radius 2 is 1.90 bits per heavy atom. The highest BCUT2D eigenvalue weighted by molar-refractivity contribution is 5.44. The molecule has 102 valence electrons. The van der Waals surface area contributed by atoms with Crippen LogP contribution in [0.4, 0.5) is 0 Å². The maximum absolute atomic E-state index is 10.0. The van der Waals surface area contributed by atoms with Crippen molar-refractivity contribution in [2.24, 2.45) is 0 Å². The van der Waals surface area contributed by atoms with Gasteiger partial charge in [0.2, 0.25) is 0 Å². The Morgan fingerprint density at radius 3 is 2.55 bits per heavy atom. The van der Waals surface area contributed by atoms with E-state index in [4.69, 9.17) is 4.74 Å². The van der Waals surface area contributed by atoms with Gasteiger partial charge in [0, 0.05) is 12.0 Å². The minimum atomic E-state index is -0.540. The van der Waals surface area contributed by atoms with E-state index in [9.17, 15) is 5.11 Å². The van der Waals surface area contributed by atoms with Gasteiger partial charge in [-0.15, -0.1) is 0 Å². The second-order valence-electron chi connectivity index (χ2n) is 4.61. The smallest absolute Gasteiger partial charge is 0.119 e. The normalized spacial score (nSPS) is 11.3. The molecule has 0 aliphatic rings. The lowest BCUT2D eigenvalue weighted by atomic mass is 10.1. The van der Waals surface area contributed by atoms with Gasteiger partial charge < -0.3 is 9.84 Å². The molecule has 1 N–H and O–H groups in total. The molecule has 0 saturated heterocycles. The van der Waals surface area contributed by atoms with E-state index in [0.29, 0.717) is 6.42 Å². The summed E-state index contributed by atoms with van der Waals surface area (Å²) in [4.78, 5) is 0. The second-order valence-corrected chi connectivity index (χ2v) is 4.61. The molecule has 0 unspecified atom stereocenters. The van der Waals surface area contributed by atoms with Crippen molar-refractivity contribution < 1.29 is 9.84 Å². The fourth-order valence-corrected chi connectivity index (χ4v) is 1.94. The van der Waals surface area contributed by atoms with Crippen molar-refractivity contribution in [3.05, 3.63) is 65.2 Å². The summed E-state index contributed by atoms with van der Waals surface area (Å²) in [6, 6.07) is 15.4. The summed E-state index contributed by atoms with van der Waals surface area (Å²) in [5, 5.41) is 10.0. The van der Waals surface area contributed by atoms with E-state index in [1.165, 1.54) is 0 Å². The van der Waals surface area contributed by atoms with Crippen molar-refractivity contribution in [1.29, 1.82) is 0 Å². The molecule has 0 aromatic heterocycles. The van der Waals surface area contributed by atoms with E-state index in [0.717, 1.165) is 22.4 Å². The third kappa shape index (κ3) is 3.63. The van der Waals surface area contributed by atoms with Crippen LogP contribution in [-0.2, 0) is 0 Å². The summed E-state index contributed by atoms with van der Waals surface area (Å²) in [5.41, 5.74) is 2.94. The number of aryl methyl sites for hydroxylation is 1. The van der Waals surface area contributed by atoms with Crippen molar-refractivity contribution in [2.75, 3.05) is 7.11 Å².